The summed E-state index contributed by atoms with van der Waals surface area (Å²) in [4.78, 5) is 35.0. The molecule has 2 aliphatic heterocycles. The Kier molecular flexibility index (Phi) is 7.00. The molecule has 0 aromatic carbocycles. The van der Waals surface area contributed by atoms with Crippen LogP contribution < -0.4 is 10.2 Å². The van der Waals surface area contributed by atoms with E-state index in [0.29, 0.717) is 37.3 Å². The number of carboxylic acids is 1. The summed E-state index contributed by atoms with van der Waals surface area (Å²) in [7, 11) is 0. The number of thiazole rings is 1. The van der Waals surface area contributed by atoms with Crippen LogP contribution in [0.4, 0.5) is 23.5 Å². The molecule has 14 heteroatoms. The van der Waals surface area contributed by atoms with Crippen molar-refractivity contribution in [1.29, 1.82) is 0 Å². The van der Waals surface area contributed by atoms with Crippen LogP contribution in [0.15, 0.2) is 23.3 Å². The minimum atomic E-state index is -5.08. The number of nitrogens with zero attached hydrogens (tertiary/aromatic N) is 4. The average Bonchev–Trinajstić information content (AvgIpc) is 3.44. The van der Waals surface area contributed by atoms with Gasteiger partial charge in [0.1, 0.15) is 5.69 Å². The van der Waals surface area contributed by atoms with Gasteiger partial charge in [-0.25, -0.2) is 24.1 Å². The number of aromatic nitrogens is 3. The lowest BCUT2D eigenvalue weighted by Gasteiger charge is -2.19. The first-order valence-corrected chi connectivity index (χ1v) is 9.90. The summed E-state index contributed by atoms with van der Waals surface area (Å²) >= 11 is 1.40. The third-order valence-electron chi connectivity index (χ3n) is 4.76. The van der Waals surface area contributed by atoms with Crippen molar-refractivity contribution in [1.82, 2.24) is 20.3 Å². The zero-order valence-corrected chi connectivity index (χ0v) is 16.6. The Bertz CT molecular complexity index is 897. The fourth-order valence-electron chi connectivity index (χ4n) is 3.28. The summed E-state index contributed by atoms with van der Waals surface area (Å²) in [5.41, 5.74) is 2.09. The smallest absolute Gasteiger partial charge is 0.475 e. The second-order valence-corrected chi connectivity index (χ2v) is 7.51. The molecule has 4 heterocycles. The van der Waals surface area contributed by atoms with Gasteiger partial charge in [-0.3, -0.25) is 4.79 Å². The largest absolute Gasteiger partial charge is 0.490 e. The van der Waals surface area contributed by atoms with Crippen molar-refractivity contribution in [2.75, 3.05) is 31.1 Å². The SMILES string of the molecule is O=C(NC[C@H]1CO[C@@H]2CN(c3ncc(F)cn3)C[C@H]12)c1cscn1.O=C(O)C(F)(F)F. The van der Waals surface area contributed by atoms with Crippen molar-refractivity contribution >= 4 is 29.2 Å². The number of carboxylic acid groups (broad SMARTS) is 1. The third-order valence-corrected chi connectivity index (χ3v) is 5.35. The number of halogens is 4. The van der Waals surface area contributed by atoms with Crippen molar-refractivity contribution < 1.29 is 37.0 Å². The highest BCUT2D eigenvalue weighted by Gasteiger charge is 2.44. The van der Waals surface area contributed by atoms with E-state index in [4.69, 9.17) is 14.6 Å². The highest BCUT2D eigenvalue weighted by Crippen LogP contribution is 2.34. The number of hydrogen-bond acceptors (Lipinski definition) is 8. The number of fused-ring (bicyclic) bond motifs is 1. The lowest BCUT2D eigenvalue weighted by molar-refractivity contribution is -0.192. The van der Waals surface area contributed by atoms with Crippen LogP contribution >= 0.6 is 11.3 Å². The number of nitrogens with one attached hydrogen (secondary N) is 1. The summed E-state index contributed by atoms with van der Waals surface area (Å²) in [6.07, 6.45) is -2.65. The van der Waals surface area contributed by atoms with E-state index in [9.17, 15) is 22.4 Å². The molecule has 0 radical (unpaired) electrons. The van der Waals surface area contributed by atoms with Gasteiger partial charge in [-0.1, -0.05) is 0 Å². The van der Waals surface area contributed by atoms with Gasteiger partial charge in [-0.2, -0.15) is 13.2 Å². The monoisotopic (exact) mass is 463 g/mol. The first-order chi connectivity index (χ1) is 14.6. The minimum Gasteiger partial charge on any atom is -0.475 e. The van der Waals surface area contributed by atoms with Crippen LogP contribution in [0, 0.1) is 17.7 Å². The van der Waals surface area contributed by atoms with Crippen LogP contribution in [0.3, 0.4) is 0 Å². The van der Waals surface area contributed by atoms with Crippen molar-refractivity contribution in [3.63, 3.8) is 0 Å². The molecule has 0 saturated carbocycles. The van der Waals surface area contributed by atoms with Gasteiger partial charge in [0.2, 0.25) is 5.95 Å². The van der Waals surface area contributed by atoms with E-state index in [1.165, 1.54) is 23.7 Å². The van der Waals surface area contributed by atoms with E-state index < -0.39 is 18.0 Å². The van der Waals surface area contributed by atoms with Crippen LogP contribution in [0.25, 0.3) is 0 Å². The molecule has 2 N–H and O–H groups in total. The number of ether oxygens (including phenoxy) is 1. The maximum Gasteiger partial charge on any atom is 0.490 e. The Hall–Kier alpha value is -2.87. The summed E-state index contributed by atoms with van der Waals surface area (Å²) in [5, 5.41) is 11.8. The predicted octanol–water partition coefficient (Wildman–Crippen LogP) is 1.59. The predicted molar refractivity (Wildman–Crippen MR) is 99.1 cm³/mol. The quantitative estimate of drug-likeness (QED) is 0.657. The molecule has 0 unspecified atom stereocenters. The van der Waals surface area contributed by atoms with Gasteiger partial charge in [-0.05, 0) is 0 Å². The molecule has 3 atom stereocenters. The highest BCUT2D eigenvalue weighted by atomic mass is 32.1. The summed E-state index contributed by atoms with van der Waals surface area (Å²) in [5.74, 6) is -2.31. The molecular formula is C17H17F4N5O4S. The molecule has 2 aromatic rings. The van der Waals surface area contributed by atoms with Crippen molar-refractivity contribution in [2.45, 2.75) is 12.3 Å². The highest BCUT2D eigenvalue weighted by molar-refractivity contribution is 7.07. The number of anilines is 1. The molecule has 1 amide bonds. The summed E-state index contributed by atoms with van der Waals surface area (Å²) in [6, 6.07) is 0. The average molecular weight is 463 g/mol. The molecule has 2 aromatic heterocycles. The molecule has 9 nitrogen and oxygen atoms in total. The second kappa shape index (κ2) is 9.51. The van der Waals surface area contributed by atoms with Gasteiger partial charge < -0.3 is 20.1 Å². The maximum atomic E-state index is 12.9. The standard InChI is InChI=1S/C15H16FN5O2S.C2HF3O2/c16-10-2-18-15(19-3-10)21-4-11-9(6-23-13(11)5-21)1-17-14(22)12-7-24-8-20-12;3-2(4,5)1(6)7/h2-3,7-9,11,13H,1,4-6H2,(H,17,22);(H,6,7)/t9-,11+,13+;/m0./s1. The lowest BCUT2D eigenvalue weighted by atomic mass is 9.93. The number of amides is 1. The first-order valence-electron chi connectivity index (χ1n) is 8.95. The van der Waals surface area contributed by atoms with Crippen LogP contribution in [0.1, 0.15) is 10.5 Å². The van der Waals surface area contributed by atoms with E-state index in [1.54, 1.807) is 10.9 Å². The Morgan fingerprint density at radius 3 is 2.52 bits per heavy atom. The molecule has 2 aliphatic rings. The number of carbonyl (C=O) groups is 2. The molecule has 0 aliphatic carbocycles. The van der Waals surface area contributed by atoms with Gasteiger partial charge in [0.15, 0.2) is 5.82 Å². The van der Waals surface area contributed by atoms with E-state index in [-0.39, 0.29) is 17.9 Å². The van der Waals surface area contributed by atoms with E-state index in [0.717, 1.165) is 6.54 Å². The Morgan fingerprint density at radius 1 is 1.26 bits per heavy atom. The fourth-order valence-corrected chi connectivity index (χ4v) is 3.81. The molecule has 4 rings (SSSR count). The molecule has 168 valence electrons. The Balaban J connectivity index is 0.000000339. The van der Waals surface area contributed by atoms with Crippen molar-refractivity contribution in [3.05, 3.63) is 34.8 Å². The normalized spacial score (nSPS) is 22.5. The summed E-state index contributed by atoms with van der Waals surface area (Å²) < 4.78 is 50.5. The topological polar surface area (TPSA) is 118 Å². The van der Waals surface area contributed by atoms with Crippen LogP contribution in [0.5, 0.6) is 0 Å². The van der Waals surface area contributed by atoms with Crippen LogP contribution in [-0.2, 0) is 9.53 Å². The minimum absolute atomic E-state index is 0.0971. The second-order valence-electron chi connectivity index (χ2n) is 6.79. The van der Waals surface area contributed by atoms with E-state index in [2.05, 4.69) is 20.3 Å². The first kappa shape index (κ1) is 22.8. The summed E-state index contributed by atoms with van der Waals surface area (Å²) in [6.45, 7) is 2.61. The lowest BCUT2D eigenvalue weighted by Crippen LogP contribution is -2.34. The van der Waals surface area contributed by atoms with Crippen molar-refractivity contribution in [3.8, 4) is 0 Å². The van der Waals surface area contributed by atoms with Crippen LogP contribution in [0.2, 0.25) is 0 Å². The van der Waals surface area contributed by atoms with E-state index in [1.807, 2.05) is 4.90 Å². The molecular weight excluding hydrogens is 446 g/mol. The Labute approximate surface area is 177 Å². The number of rotatable bonds is 4. The molecule has 0 spiro atoms. The van der Waals surface area contributed by atoms with Crippen LogP contribution in [-0.4, -0.2) is 70.5 Å². The molecule has 0 bridgehead atoms. The van der Waals surface area contributed by atoms with Gasteiger partial charge in [0.05, 0.1) is 30.6 Å². The van der Waals surface area contributed by atoms with Gasteiger partial charge in [0.25, 0.3) is 5.91 Å². The maximum absolute atomic E-state index is 12.9. The zero-order valence-electron chi connectivity index (χ0n) is 15.8. The Morgan fingerprint density at radius 2 is 1.94 bits per heavy atom. The van der Waals surface area contributed by atoms with Gasteiger partial charge >= 0.3 is 12.1 Å². The molecule has 2 fully saturated rings. The third kappa shape index (κ3) is 5.85. The number of carbonyl (C=O) groups excluding carboxylic acids is 1. The zero-order chi connectivity index (χ0) is 22.6. The van der Waals surface area contributed by atoms with Gasteiger partial charge in [0, 0.05) is 36.9 Å². The van der Waals surface area contributed by atoms with Gasteiger partial charge in [-0.15, -0.1) is 11.3 Å². The molecule has 31 heavy (non-hydrogen) atoms. The number of alkyl halides is 3. The molecule has 2 saturated heterocycles. The number of aliphatic carboxylic acids is 1. The fraction of sp³-hybridized carbons (Fsp3) is 0.471. The van der Waals surface area contributed by atoms with Crippen molar-refractivity contribution in [2.24, 2.45) is 11.8 Å². The number of hydrogen-bond donors (Lipinski definition) is 2. The van der Waals surface area contributed by atoms with E-state index >= 15 is 0 Å².